The number of rotatable bonds is 12. The normalized spacial score (nSPS) is 17.0. The molecule has 0 amide bonds. The van der Waals surface area contributed by atoms with Gasteiger partial charge in [0.15, 0.2) is 11.5 Å². The van der Waals surface area contributed by atoms with Crippen molar-refractivity contribution in [1.29, 1.82) is 5.26 Å². The third-order valence-corrected chi connectivity index (χ3v) is 8.44. The Morgan fingerprint density at radius 1 is 0.940 bits per heavy atom. The topological polar surface area (TPSA) is 116 Å². The van der Waals surface area contributed by atoms with Crippen LogP contribution in [0.25, 0.3) is 0 Å². The van der Waals surface area contributed by atoms with Crippen LogP contribution in [-0.4, -0.2) is 54.5 Å². The second-order valence-electron chi connectivity index (χ2n) is 11.9. The summed E-state index contributed by atoms with van der Waals surface area (Å²) in [6, 6.07) is 22.8. The van der Waals surface area contributed by atoms with E-state index in [1.165, 1.54) is 18.2 Å². The summed E-state index contributed by atoms with van der Waals surface area (Å²) in [5, 5.41) is 9.59. The molecule has 2 aliphatic rings. The highest BCUT2D eigenvalue weighted by Gasteiger charge is 2.32. The van der Waals surface area contributed by atoms with Crippen LogP contribution in [0.4, 0.5) is 8.78 Å². The molecule has 4 aromatic rings. The zero-order valence-corrected chi connectivity index (χ0v) is 27.7. The first-order valence-corrected chi connectivity index (χ1v) is 16.5. The number of nitrogens with zero attached hydrogens (tertiary/aromatic N) is 4. The maximum Gasteiger partial charge on any atom is 0.308 e. The number of hydrogen-bond acceptors (Lipinski definition) is 10. The van der Waals surface area contributed by atoms with E-state index in [0.29, 0.717) is 32.2 Å². The number of halogens is 2. The first-order valence-electron chi connectivity index (χ1n) is 16.5. The van der Waals surface area contributed by atoms with Gasteiger partial charge in [-0.15, -0.1) is 0 Å². The second kappa shape index (κ2) is 15.7. The fourth-order valence-corrected chi connectivity index (χ4v) is 5.83. The Morgan fingerprint density at radius 3 is 2.40 bits per heavy atom. The zero-order valence-electron chi connectivity index (χ0n) is 27.7. The highest BCUT2D eigenvalue weighted by Crippen LogP contribution is 2.41. The van der Waals surface area contributed by atoms with Crippen LogP contribution in [0.15, 0.2) is 77.8 Å². The lowest BCUT2D eigenvalue weighted by molar-refractivity contribution is -0.149. The van der Waals surface area contributed by atoms with Crippen LogP contribution in [0.5, 0.6) is 34.8 Å². The number of nitriles is 1. The minimum absolute atomic E-state index is 0.0193. The van der Waals surface area contributed by atoms with Gasteiger partial charge in [-0.25, -0.2) is 0 Å². The predicted octanol–water partition coefficient (Wildman–Crippen LogP) is 7.59. The lowest BCUT2D eigenvalue weighted by Gasteiger charge is -2.28. The molecule has 50 heavy (non-hydrogen) atoms. The number of amidine groups is 1. The zero-order chi connectivity index (χ0) is 35.0. The molecule has 12 heteroatoms. The Balaban J connectivity index is 1.33. The van der Waals surface area contributed by atoms with Crippen LogP contribution in [0.2, 0.25) is 0 Å². The van der Waals surface area contributed by atoms with Gasteiger partial charge in [0, 0.05) is 25.2 Å². The molecule has 1 saturated carbocycles. The summed E-state index contributed by atoms with van der Waals surface area (Å²) in [7, 11) is 1.92. The molecule has 0 N–H and O–H groups in total. The van der Waals surface area contributed by atoms with E-state index in [1.807, 2.05) is 54.4 Å². The number of pyridine rings is 1. The number of likely N-dealkylation sites (N-methyl/N-ethyl adjacent to an activating group) is 1. The molecule has 0 bridgehead atoms. The van der Waals surface area contributed by atoms with Gasteiger partial charge in [-0.1, -0.05) is 42.5 Å². The van der Waals surface area contributed by atoms with E-state index in [0.717, 1.165) is 23.5 Å². The van der Waals surface area contributed by atoms with E-state index in [4.69, 9.17) is 23.7 Å². The molecule has 6 rings (SSSR count). The van der Waals surface area contributed by atoms with E-state index >= 15 is 8.78 Å². The largest absolute Gasteiger partial charge is 0.485 e. The van der Waals surface area contributed by atoms with Crippen LogP contribution < -0.4 is 18.9 Å². The summed E-state index contributed by atoms with van der Waals surface area (Å²) >= 11 is 0. The Morgan fingerprint density at radius 2 is 1.70 bits per heavy atom. The molecular weight excluding hydrogens is 646 g/mol. The van der Waals surface area contributed by atoms with E-state index < -0.39 is 35.2 Å². The smallest absolute Gasteiger partial charge is 0.308 e. The van der Waals surface area contributed by atoms with Crippen molar-refractivity contribution in [2.45, 2.75) is 45.3 Å². The Hall–Kier alpha value is -5.70. The standard InChI is InChI=1S/C38H36F2N4O6/c1-3-46-38(45)26-13-15-28(16-14-26)48-34-32(39)36(49-29-11-7-10-27(21-29)35-42-18-19-44(35)2)43-37(33(34)40)50-31-20-25(22-41)12-17-30(31)47-23-24-8-5-4-6-9-24/h4-12,17,20-21,26,28H,3,13-16,18-19,23H2,1-2H3. The van der Waals surface area contributed by atoms with Crippen molar-refractivity contribution in [3.63, 3.8) is 0 Å². The van der Waals surface area contributed by atoms with Crippen molar-refractivity contribution < 1.29 is 37.3 Å². The number of ether oxygens (including phenoxy) is 5. The average Bonchev–Trinajstić information content (AvgIpc) is 3.58. The summed E-state index contributed by atoms with van der Waals surface area (Å²) in [6.07, 6.45) is 1.03. The van der Waals surface area contributed by atoms with Crippen LogP contribution in [0.3, 0.4) is 0 Å². The number of esters is 1. The molecule has 258 valence electrons. The molecule has 1 aliphatic carbocycles. The Bertz CT molecular complexity index is 1910. The van der Waals surface area contributed by atoms with Gasteiger partial charge in [-0.3, -0.25) is 9.79 Å². The Labute approximate surface area is 288 Å². The highest BCUT2D eigenvalue weighted by atomic mass is 19.1. The molecule has 1 fully saturated rings. The van der Waals surface area contributed by atoms with E-state index in [9.17, 15) is 10.1 Å². The first kappa shape index (κ1) is 34.2. The van der Waals surface area contributed by atoms with Gasteiger partial charge in [0.1, 0.15) is 18.2 Å². The maximum absolute atomic E-state index is 16.3. The number of benzene rings is 3. The van der Waals surface area contributed by atoms with Gasteiger partial charge in [0.2, 0.25) is 17.4 Å². The van der Waals surface area contributed by atoms with Crippen molar-refractivity contribution in [1.82, 2.24) is 9.88 Å². The van der Waals surface area contributed by atoms with Crippen molar-refractivity contribution in [3.05, 3.63) is 101 Å². The number of carbonyl (C=O) groups is 1. The molecule has 0 spiro atoms. The molecule has 0 atom stereocenters. The molecule has 0 saturated heterocycles. The number of hydrogen-bond donors (Lipinski definition) is 0. The van der Waals surface area contributed by atoms with Gasteiger partial charge in [0.05, 0.1) is 36.8 Å². The van der Waals surface area contributed by atoms with Gasteiger partial charge in [0.25, 0.3) is 11.8 Å². The summed E-state index contributed by atoms with van der Waals surface area (Å²) in [6.45, 7) is 3.60. The highest BCUT2D eigenvalue weighted by molar-refractivity contribution is 5.99. The van der Waals surface area contributed by atoms with E-state index in [2.05, 4.69) is 9.98 Å². The molecule has 0 unspecified atom stereocenters. The molecule has 2 heterocycles. The minimum Gasteiger partial charge on any atom is -0.485 e. The monoisotopic (exact) mass is 682 g/mol. The molecule has 0 radical (unpaired) electrons. The minimum atomic E-state index is -1.20. The van der Waals surface area contributed by atoms with Crippen molar-refractivity contribution in [2.75, 3.05) is 26.7 Å². The SMILES string of the molecule is CCOC(=O)C1CCC(Oc2c(F)c(Oc3cccc(C4=NCCN4C)c3)nc(Oc3cc(C#N)ccc3OCc3ccccc3)c2F)CC1. The van der Waals surface area contributed by atoms with Gasteiger partial charge >= 0.3 is 5.97 Å². The van der Waals surface area contributed by atoms with E-state index in [1.54, 1.807) is 25.1 Å². The van der Waals surface area contributed by atoms with Crippen molar-refractivity contribution >= 4 is 11.8 Å². The number of aromatic nitrogens is 1. The summed E-state index contributed by atoms with van der Waals surface area (Å²) in [5.74, 6) is -3.75. The second-order valence-corrected chi connectivity index (χ2v) is 11.9. The maximum atomic E-state index is 16.3. The number of aliphatic imine (C=N–C) groups is 1. The summed E-state index contributed by atoms with van der Waals surface area (Å²) in [5.41, 5.74) is 1.84. The third kappa shape index (κ3) is 7.94. The van der Waals surface area contributed by atoms with Crippen LogP contribution in [0.1, 0.15) is 49.3 Å². The molecule has 1 aromatic heterocycles. The summed E-state index contributed by atoms with van der Waals surface area (Å²) in [4.78, 5) is 22.9. The molecule has 10 nitrogen and oxygen atoms in total. The van der Waals surface area contributed by atoms with Gasteiger partial charge < -0.3 is 28.6 Å². The third-order valence-electron chi connectivity index (χ3n) is 8.44. The van der Waals surface area contributed by atoms with Gasteiger partial charge in [-0.05, 0) is 62.4 Å². The predicted molar refractivity (Wildman–Crippen MR) is 180 cm³/mol. The number of carbonyl (C=O) groups excluding carboxylic acids is 1. The molecule has 1 aliphatic heterocycles. The summed E-state index contributed by atoms with van der Waals surface area (Å²) < 4.78 is 61.4. The average molecular weight is 683 g/mol. The van der Waals surface area contributed by atoms with Crippen LogP contribution in [-0.2, 0) is 16.1 Å². The fraction of sp³-hybridized carbons (Fsp3) is 0.316. The quantitative estimate of drug-likeness (QED) is 0.139. The fourth-order valence-electron chi connectivity index (χ4n) is 5.83. The lowest BCUT2D eigenvalue weighted by atomic mass is 9.87. The van der Waals surface area contributed by atoms with Crippen molar-refractivity contribution in [3.8, 4) is 40.8 Å². The van der Waals surface area contributed by atoms with Crippen LogP contribution >= 0.6 is 0 Å². The van der Waals surface area contributed by atoms with Crippen LogP contribution in [0, 0.1) is 28.9 Å². The lowest BCUT2D eigenvalue weighted by Crippen LogP contribution is -2.29. The van der Waals surface area contributed by atoms with Crippen molar-refractivity contribution in [2.24, 2.45) is 10.9 Å². The molecular formula is C38H36F2N4O6. The van der Waals surface area contributed by atoms with E-state index in [-0.39, 0.29) is 47.9 Å². The first-order chi connectivity index (χ1) is 24.3. The molecule has 3 aromatic carbocycles. The Kier molecular flexibility index (Phi) is 10.7. The van der Waals surface area contributed by atoms with Gasteiger partial charge in [-0.2, -0.15) is 19.0 Å².